The zero-order valence-electron chi connectivity index (χ0n) is 32.4. The second kappa shape index (κ2) is 14.6. The third-order valence-corrected chi connectivity index (χ3v) is 11.6. The Morgan fingerprint density at radius 2 is 0.729 bits per heavy atom. The van der Waals surface area contributed by atoms with Gasteiger partial charge in [0.05, 0.1) is 16.6 Å². The molecule has 278 valence electrons. The van der Waals surface area contributed by atoms with E-state index in [1.807, 2.05) is 0 Å². The van der Waals surface area contributed by atoms with Gasteiger partial charge in [-0.25, -0.2) is 0 Å². The Labute approximate surface area is 343 Å². The van der Waals surface area contributed by atoms with Crippen LogP contribution in [0.5, 0.6) is 0 Å². The molecule has 11 aromatic rings. The van der Waals surface area contributed by atoms with Gasteiger partial charge < -0.3 is 14.0 Å². The van der Waals surface area contributed by atoms with Crippen molar-refractivity contribution in [1.29, 1.82) is 0 Å². The fourth-order valence-corrected chi connectivity index (χ4v) is 8.61. The van der Waals surface area contributed by atoms with Crippen molar-refractivity contribution in [3.05, 3.63) is 237 Å². The average molecular weight is 754 g/mol. The van der Waals surface area contributed by atoms with Crippen LogP contribution in [0.25, 0.3) is 77.5 Å². The quantitative estimate of drug-likeness (QED) is 0.151. The average Bonchev–Trinajstić information content (AvgIpc) is 3.88. The molecular formula is C56H39N3. The predicted octanol–water partition coefficient (Wildman–Crippen LogP) is 15.2. The standard InChI is InChI=1S/C56H39N3/c1-4-12-40(13-5-1)42-22-30-49(31-23-42)58(50-32-24-43(25-33-50)41-14-6-2-7-15-41)51-34-26-45(27-35-51)44-20-28-47(29-21-44)57-37-36-46-38-53-52-18-10-11-19-54(52)59(56(53)39-55(46)57)48-16-8-3-9-17-48/h1-39H. The van der Waals surface area contributed by atoms with Gasteiger partial charge in [0, 0.05) is 50.8 Å². The van der Waals surface area contributed by atoms with Gasteiger partial charge in [-0.2, -0.15) is 0 Å². The van der Waals surface area contributed by atoms with Crippen molar-refractivity contribution >= 4 is 49.8 Å². The van der Waals surface area contributed by atoms with Gasteiger partial charge in [0.15, 0.2) is 0 Å². The van der Waals surface area contributed by atoms with Crippen molar-refractivity contribution in [3.63, 3.8) is 0 Å². The highest BCUT2D eigenvalue weighted by molar-refractivity contribution is 6.13. The van der Waals surface area contributed by atoms with Crippen LogP contribution < -0.4 is 4.90 Å². The Bertz CT molecular complexity index is 3120. The number of hydrogen-bond acceptors (Lipinski definition) is 1. The van der Waals surface area contributed by atoms with Crippen molar-refractivity contribution in [1.82, 2.24) is 9.13 Å². The maximum absolute atomic E-state index is 2.38. The highest BCUT2D eigenvalue weighted by Gasteiger charge is 2.16. The van der Waals surface area contributed by atoms with E-state index in [1.165, 1.54) is 66.1 Å². The molecule has 0 aliphatic carbocycles. The van der Waals surface area contributed by atoms with Crippen LogP contribution in [0.15, 0.2) is 237 Å². The van der Waals surface area contributed by atoms with Crippen LogP contribution in [-0.4, -0.2) is 9.13 Å². The topological polar surface area (TPSA) is 13.1 Å². The van der Waals surface area contributed by atoms with E-state index in [1.54, 1.807) is 0 Å². The number of nitrogens with zero attached hydrogens (tertiary/aromatic N) is 3. The second-order valence-electron chi connectivity index (χ2n) is 15.1. The van der Waals surface area contributed by atoms with E-state index in [4.69, 9.17) is 0 Å². The summed E-state index contributed by atoms with van der Waals surface area (Å²) in [5.41, 5.74) is 16.4. The summed E-state index contributed by atoms with van der Waals surface area (Å²) in [6.07, 6.45) is 2.19. The van der Waals surface area contributed by atoms with Gasteiger partial charge in [-0.1, -0.05) is 146 Å². The van der Waals surface area contributed by atoms with Crippen molar-refractivity contribution in [3.8, 4) is 44.8 Å². The molecule has 0 amide bonds. The lowest BCUT2D eigenvalue weighted by Crippen LogP contribution is -2.09. The minimum absolute atomic E-state index is 1.10. The summed E-state index contributed by atoms with van der Waals surface area (Å²) >= 11 is 0. The number of rotatable bonds is 8. The van der Waals surface area contributed by atoms with Gasteiger partial charge in [-0.05, 0) is 118 Å². The first-order valence-corrected chi connectivity index (χ1v) is 20.2. The Kier molecular flexibility index (Phi) is 8.49. The van der Waals surface area contributed by atoms with Crippen molar-refractivity contribution in [2.75, 3.05) is 4.90 Å². The van der Waals surface area contributed by atoms with Crippen molar-refractivity contribution in [2.45, 2.75) is 0 Å². The molecule has 0 N–H and O–H groups in total. The number of anilines is 3. The third-order valence-electron chi connectivity index (χ3n) is 11.6. The minimum Gasteiger partial charge on any atom is -0.316 e. The summed E-state index contributed by atoms with van der Waals surface area (Å²) < 4.78 is 4.69. The molecular weight excluding hydrogens is 715 g/mol. The Morgan fingerprint density at radius 3 is 1.25 bits per heavy atom. The van der Waals surface area contributed by atoms with E-state index >= 15 is 0 Å². The van der Waals surface area contributed by atoms with E-state index in [-0.39, 0.29) is 0 Å². The lowest BCUT2D eigenvalue weighted by Gasteiger charge is -2.26. The van der Waals surface area contributed by atoms with Gasteiger partial charge in [0.2, 0.25) is 0 Å². The largest absolute Gasteiger partial charge is 0.316 e. The summed E-state index contributed by atoms with van der Waals surface area (Å²) in [6.45, 7) is 0. The van der Waals surface area contributed by atoms with Crippen molar-refractivity contribution in [2.24, 2.45) is 0 Å². The SMILES string of the molecule is c1ccc(-c2ccc(N(c3ccc(-c4ccccc4)cc3)c3ccc(-c4ccc(-n5ccc6cc7c8ccccc8n(-c8ccccc8)c7cc65)cc4)cc3)cc2)cc1. The fourth-order valence-electron chi connectivity index (χ4n) is 8.61. The molecule has 0 fully saturated rings. The van der Waals surface area contributed by atoms with Crippen LogP contribution in [0.3, 0.4) is 0 Å². The van der Waals surface area contributed by atoms with Crippen LogP contribution in [0.4, 0.5) is 17.1 Å². The molecule has 0 spiro atoms. The molecule has 3 heteroatoms. The molecule has 0 radical (unpaired) electrons. The molecule has 0 aliphatic rings. The molecule has 0 unspecified atom stereocenters. The van der Waals surface area contributed by atoms with Crippen molar-refractivity contribution < 1.29 is 0 Å². The zero-order valence-corrected chi connectivity index (χ0v) is 32.4. The maximum atomic E-state index is 2.38. The summed E-state index contributed by atoms with van der Waals surface area (Å²) in [5.74, 6) is 0. The van der Waals surface area contributed by atoms with Gasteiger partial charge >= 0.3 is 0 Å². The molecule has 0 aliphatic heterocycles. The molecule has 0 saturated heterocycles. The van der Waals surface area contributed by atoms with Gasteiger partial charge in [-0.3, -0.25) is 0 Å². The van der Waals surface area contributed by atoms with Crippen LogP contribution in [0.1, 0.15) is 0 Å². The summed E-state index contributed by atoms with van der Waals surface area (Å²) in [4.78, 5) is 2.34. The van der Waals surface area contributed by atoms with E-state index < -0.39 is 0 Å². The number of hydrogen-bond donors (Lipinski definition) is 0. The summed E-state index contributed by atoms with van der Waals surface area (Å²) in [5, 5.41) is 3.75. The van der Waals surface area contributed by atoms with Crippen LogP contribution in [0.2, 0.25) is 0 Å². The van der Waals surface area contributed by atoms with Gasteiger partial charge in [0.25, 0.3) is 0 Å². The number of para-hydroxylation sites is 2. The number of fused-ring (bicyclic) bond motifs is 4. The minimum atomic E-state index is 1.10. The third kappa shape index (κ3) is 6.26. The van der Waals surface area contributed by atoms with Crippen LogP contribution in [-0.2, 0) is 0 Å². The molecule has 59 heavy (non-hydrogen) atoms. The Morgan fingerprint density at radius 1 is 0.288 bits per heavy atom. The molecule has 11 rings (SSSR count). The zero-order chi connectivity index (χ0) is 39.1. The first kappa shape index (κ1) is 34.4. The van der Waals surface area contributed by atoms with E-state index in [0.29, 0.717) is 0 Å². The molecule has 2 aromatic heterocycles. The van der Waals surface area contributed by atoms with Crippen LogP contribution >= 0.6 is 0 Å². The highest BCUT2D eigenvalue weighted by atomic mass is 15.1. The molecule has 0 bridgehead atoms. The monoisotopic (exact) mass is 753 g/mol. The Hall–Kier alpha value is -7.88. The molecule has 3 nitrogen and oxygen atoms in total. The molecule has 0 saturated carbocycles. The number of benzene rings is 9. The van der Waals surface area contributed by atoms with Gasteiger partial charge in [0.1, 0.15) is 0 Å². The van der Waals surface area contributed by atoms with E-state index in [9.17, 15) is 0 Å². The lowest BCUT2D eigenvalue weighted by molar-refractivity contribution is 1.13. The predicted molar refractivity (Wildman–Crippen MR) is 249 cm³/mol. The fraction of sp³-hybridized carbons (Fsp3) is 0. The maximum Gasteiger partial charge on any atom is 0.0562 e. The normalized spacial score (nSPS) is 11.4. The first-order valence-electron chi connectivity index (χ1n) is 20.2. The van der Waals surface area contributed by atoms with E-state index in [0.717, 1.165) is 28.4 Å². The first-order chi connectivity index (χ1) is 29.2. The summed E-state index contributed by atoms with van der Waals surface area (Å²) in [6, 6.07) is 83.0. The second-order valence-corrected chi connectivity index (χ2v) is 15.1. The Balaban J connectivity index is 0.921. The highest BCUT2D eigenvalue weighted by Crippen LogP contribution is 2.39. The number of aromatic nitrogens is 2. The molecule has 9 aromatic carbocycles. The lowest BCUT2D eigenvalue weighted by atomic mass is 10.0. The smallest absolute Gasteiger partial charge is 0.0562 e. The van der Waals surface area contributed by atoms with Gasteiger partial charge in [-0.15, -0.1) is 0 Å². The van der Waals surface area contributed by atoms with E-state index in [2.05, 4.69) is 251 Å². The summed E-state index contributed by atoms with van der Waals surface area (Å²) in [7, 11) is 0. The van der Waals surface area contributed by atoms with Crippen LogP contribution in [0, 0.1) is 0 Å². The molecule has 2 heterocycles. The molecule has 0 atom stereocenters.